The summed E-state index contributed by atoms with van der Waals surface area (Å²) in [7, 11) is -3.21. The minimum atomic E-state index is -3.21. The molecule has 5 heteroatoms. The van der Waals surface area contributed by atoms with Gasteiger partial charge in [-0.05, 0) is 19.4 Å². The Labute approximate surface area is 109 Å². The van der Waals surface area contributed by atoms with Crippen molar-refractivity contribution >= 4 is 10.0 Å². The van der Waals surface area contributed by atoms with E-state index in [1.807, 2.05) is 44.2 Å². The lowest BCUT2D eigenvalue weighted by atomic mass is 10.0. The normalized spacial score (nSPS) is 20.8. The van der Waals surface area contributed by atoms with Gasteiger partial charge in [0, 0.05) is 25.2 Å². The zero-order valence-corrected chi connectivity index (χ0v) is 11.7. The zero-order chi connectivity index (χ0) is 13.2. The first-order valence-electron chi connectivity index (χ1n) is 6.16. The number of piperazine rings is 1. The highest BCUT2D eigenvalue weighted by Gasteiger charge is 2.32. The summed E-state index contributed by atoms with van der Waals surface area (Å²) in [6.07, 6.45) is 0. The van der Waals surface area contributed by atoms with Crippen molar-refractivity contribution in [2.24, 2.45) is 0 Å². The molecule has 0 bridgehead atoms. The molecule has 0 radical (unpaired) electrons. The predicted molar refractivity (Wildman–Crippen MR) is 72.7 cm³/mol. The number of benzene rings is 1. The highest BCUT2D eigenvalue weighted by molar-refractivity contribution is 7.88. The Hall–Kier alpha value is -0.910. The largest absolute Gasteiger partial charge is 0.309 e. The Bertz CT molecular complexity index is 497. The third kappa shape index (κ3) is 3.31. The van der Waals surface area contributed by atoms with E-state index in [-0.39, 0.29) is 11.3 Å². The molecular formula is C13H20N2O2S. The second-order valence-electron chi connectivity index (χ2n) is 5.39. The van der Waals surface area contributed by atoms with E-state index in [0.717, 1.165) is 5.56 Å². The van der Waals surface area contributed by atoms with E-state index >= 15 is 0 Å². The number of nitrogens with one attached hydrogen (secondary N) is 1. The monoisotopic (exact) mass is 268 g/mol. The van der Waals surface area contributed by atoms with Crippen LogP contribution in [0.15, 0.2) is 30.3 Å². The molecule has 1 N–H and O–H groups in total. The van der Waals surface area contributed by atoms with Crippen LogP contribution in [0.5, 0.6) is 0 Å². The number of hydrogen-bond acceptors (Lipinski definition) is 3. The second-order valence-corrected chi connectivity index (χ2v) is 7.35. The topological polar surface area (TPSA) is 49.4 Å². The van der Waals surface area contributed by atoms with E-state index in [4.69, 9.17) is 0 Å². The van der Waals surface area contributed by atoms with Crippen LogP contribution in [-0.4, -0.2) is 37.9 Å². The average molecular weight is 268 g/mol. The van der Waals surface area contributed by atoms with Crippen molar-refractivity contribution in [3.05, 3.63) is 35.9 Å². The molecule has 1 saturated heterocycles. The number of sulfonamides is 1. The van der Waals surface area contributed by atoms with Gasteiger partial charge in [0.1, 0.15) is 0 Å². The second kappa shape index (κ2) is 4.99. The highest BCUT2D eigenvalue weighted by Crippen LogP contribution is 2.17. The van der Waals surface area contributed by atoms with Gasteiger partial charge in [-0.2, -0.15) is 4.31 Å². The maximum atomic E-state index is 12.3. The van der Waals surface area contributed by atoms with Gasteiger partial charge in [0.2, 0.25) is 10.0 Å². The molecule has 18 heavy (non-hydrogen) atoms. The minimum Gasteiger partial charge on any atom is -0.309 e. The van der Waals surface area contributed by atoms with E-state index < -0.39 is 10.0 Å². The van der Waals surface area contributed by atoms with Crippen LogP contribution in [0.25, 0.3) is 0 Å². The summed E-state index contributed by atoms with van der Waals surface area (Å²) in [5.74, 6) is 0.0872. The first-order valence-corrected chi connectivity index (χ1v) is 7.77. The molecule has 2 rings (SSSR count). The average Bonchev–Trinajstić information content (AvgIpc) is 2.28. The van der Waals surface area contributed by atoms with Crippen molar-refractivity contribution < 1.29 is 8.42 Å². The Kier molecular flexibility index (Phi) is 3.75. The Morgan fingerprint density at radius 1 is 1.28 bits per heavy atom. The van der Waals surface area contributed by atoms with E-state index in [1.165, 1.54) is 0 Å². The standard InChI is InChI=1S/C13H20N2O2S/c1-13(2)11-15(9-8-14-13)18(16,17)10-12-6-4-3-5-7-12/h3-7,14H,8-11H2,1-2H3. The molecule has 1 fully saturated rings. The van der Waals surface area contributed by atoms with Crippen molar-refractivity contribution in [1.82, 2.24) is 9.62 Å². The van der Waals surface area contributed by atoms with E-state index in [1.54, 1.807) is 4.31 Å². The van der Waals surface area contributed by atoms with Gasteiger partial charge in [-0.1, -0.05) is 30.3 Å². The third-order valence-electron chi connectivity index (χ3n) is 3.12. The first kappa shape index (κ1) is 13.5. The third-order valence-corrected chi connectivity index (χ3v) is 4.92. The molecule has 1 aliphatic rings. The molecule has 0 unspecified atom stereocenters. The summed E-state index contributed by atoms with van der Waals surface area (Å²) < 4.78 is 26.3. The quantitative estimate of drug-likeness (QED) is 0.896. The smallest absolute Gasteiger partial charge is 0.218 e. The number of nitrogens with zero attached hydrogens (tertiary/aromatic N) is 1. The van der Waals surface area contributed by atoms with Gasteiger partial charge in [0.15, 0.2) is 0 Å². The van der Waals surface area contributed by atoms with Crippen molar-refractivity contribution in [3.8, 4) is 0 Å². The van der Waals surface area contributed by atoms with Crippen LogP contribution in [0.4, 0.5) is 0 Å². The molecule has 1 aromatic carbocycles. The molecule has 0 aliphatic carbocycles. The Morgan fingerprint density at radius 2 is 1.94 bits per heavy atom. The Morgan fingerprint density at radius 3 is 2.56 bits per heavy atom. The lowest BCUT2D eigenvalue weighted by molar-refractivity contribution is 0.233. The van der Waals surface area contributed by atoms with Gasteiger partial charge in [0.05, 0.1) is 5.75 Å². The molecule has 1 aromatic rings. The molecule has 0 spiro atoms. The molecule has 0 amide bonds. The van der Waals surface area contributed by atoms with Crippen molar-refractivity contribution in [3.63, 3.8) is 0 Å². The molecule has 1 heterocycles. The predicted octanol–water partition coefficient (Wildman–Crippen LogP) is 1.20. The van der Waals surface area contributed by atoms with Crippen LogP contribution in [0.1, 0.15) is 19.4 Å². The molecule has 0 saturated carbocycles. The maximum absolute atomic E-state index is 12.3. The van der Waals surface area contributed by atoms with E-state index in [9.17, 15) is 8.42 Å². The summed E-state index contributed by atoms with van der Waals surface area (Å²) in [6, 6.07) is 9.33. The highest BCUT2D eigenvalue weighted by atomic mass is 32.2. The van der Waals surface area contributed by atoms with Crippen LogP contribution in [-0.2, 0) is 15.8 Å². The first-order chi connectivity index (χ1) is 8.39. The molecule has 100 valence electrons. The Balaban J connectivity index is 2.12. The van der Waals surface area contributed by atoms with Crippen LogP contribution in [0.2, 0.25) is 0 Å². The molecule has 4 nitrogen and oxygen atoms in total. The summed E-state index contributed by atoms with van der Waals surface area (Å²) in [6.45, 7) is 5.84. The van der Waals surface area contributed by atoms with Gasteiger partial charge in [-0.25, -0.2) is 8.42 Å². The van der Waals surface area contributed by atoms with Crippen LogP contribution >= 0.6 is 0 Å². The van der Waals surface area contributed by atoms with Gasteiger partial charge in [-0.3, -0.25) is 0 Å². The fraction of sp³-hybridized carbons (Fsp3) is 0.538. The van der Waals surface area contributed by atoms with Crippen LogP contribution in [0.3, 0.4) is 0 Å². The van der Waals surface area contributed by atoms with Crippen LogP contribution < -0.4 is 5.32 Å². The van der Waals surface area contributed by atoms with E-state index in [2.05, 4.69) is 5.32 Å². The van der Waals surface area contributed by atoms with Crippen molar-refractivity contribution in [2.75, 3.05) is 19.6 Å². The van der Waals surface area contributed by atoms with Gasteiger partial charge < -0.3 is 5.32 Å². The fourth-order valence-corrected chi connectivity index (χ4v) is 3.89. The fourth-order valence-electron chi connectivity index (χ4n) is 2.21. The summed E-state index contributed by atoms with van der Waals surface area (Å²) in [5, 5.41) is 3.32. The zero-order valence-electron chi connectivity index (χ0n) is 10.9. The molecule has 0 atom stereocenters. The summed E-state index contributed by atoms with van der Waals surface area (Å²) in [5.41, 5.74) is 0.691. The SMILES string of the molecule is CC1(C)CN(S(=O)(=O)Cc2ccccc2)CCN1. The molecular weight excluding hydrogens is 248 g/mol. The molecule has 1 aliphatic heterocycles. The maximum Gasteiger partial charge on any atom is 0.218 e. The van der Waals surface area contributed by atoms with Gasteiger partial charge in [-0.15, -0.1) is 0 Å². The van der Waals surface area contributed by atoms with E-state index in [0.29, 0.717) is 19.6 Å². The number of rotatable bonds is 3. The number of hydrogen-bond donors (Lipinski definition) is 1. The summed E-state index contributed by atoms with van der Waals surface area (Å²) in [4.78, 5) is 0. The van der Waals surface area contributed by atoms with Crippen molar-refractivity contribution in [1.29, 1.82) is 0 Å². The molecule has 0 aromatic heterocycles. The van der Waals surface area contributed by atoms with Crippen LogP contribution in [0, 0.1) is 0 Å². The van der Waals surface area contributed by atoms with Crippen molar-refractivity contribution in [2.45, 2.75) is 25.1 Å². The summed E-state index contributed by atoms with van der Waals surface area (Å²) >= 11 is 0. The van der Waals surface area contributed by atoms with Gasteiger partial charge in [0.25, 0.3) is 0 Å². The lowest BCUT2D eigenvalue weighted by Gasteiger charge is -2.38. The van der Waals surface area contributed by atoms with Gasteiger partial charge >= 0.3 is 0 Å². The minimum absolute atomic E-state index is 0.0872. The lowest BCUT2D eigenvalue weighted by Crippen LogP contribution is -2.58.